The first-order valence-corrected chi connectivity index (χ1v) is 10.8. The highest BCUT2D eigenvalue weighted by atomic mass is 16.2. The van der Waals surface area contributed by atoms with E-state index < -0.39 is 5.41 Å². The van der Waals surface area contributed by atoms with E-state index >= 15 is 0 Å². The Kier molecular flexibility index (Phi) is 4.52. The summed E-state index contributed by atoms with van der Waals surface area (Å²) in [7, 11) is 8.08. The van der Waals surface area contributed by atoms with Crippen molar-refractivity contribution in [1.29, 1.82) is 0 Å². The molecule has 1 amide bonds. The zero-order valence-electron chi connectivity index (χ0n) is 19.2. The molecule has 5 nitrogen and oxygen atoms in total. The summed E-state index contributed by atoms with van der Waals surface area (Å²) in [5, 5.41) is 4.36. The topological polar surface area (TPSA) is 51.4 Å². The maximum atomic E-state index is 13.9. The number of aromatic nitrogens is 1. The molecule has 0 atom stereocenters. The van der Waals surface area contributed by atoms with Crippen molar-refractivity contribution in [3.05, 3.63) is 89.1 Å². The van der Waals surface area contributed by atoms with Crippen molar-refractivity contribution in [2.24, 2.45) is 0 Å². The summed E-state index contributed by atoms with van der Waals surface area (Å²) in [6.45, 7) is 2.08. The van der Waals surface area contributed by atoms with Crippen LogP contribution in [-0.2, 0) is 10.2 Å². The number of carbonyl (C=O) groups excluding carboxylic acids is 1. The molecule has 0 saturated heterocycles. The Morgan fingerprint density at radius 1 is 0.750 bits per heavy atom. The van der Waals surface area contributed by atoms with Crippen LogP contribution in [0.5, 0.6) is 0 Å². The Bertz CT molecular complexity index is 1260. The van der Waals surface area contributed by atoms with E-state index in [1.54, 1.807) is 0 Å². The van der Waals surface area contributed by atoms with E-state index in [9.17, 15) is 4.79 Å². The Balaban J connectivity index is 1.80. The minimum atomic E-state index is -0.918. The molecule has 0 spiro atoms. The predicted octanol–water partition coefficient (Wildman–Crippen LogP) is 4.89. The highest BCUT2D eigenvalue weighted by Crippen LogP contribution is 2.50. The second-order valence-corrected chi connectivity index (χ2v) is 8.97. The van der Waals surface area contributed by atoms with Crippen molar-refractivity contribution in [2.75, 3.05) is 43.3 Å². The summed E-state index contributed by atoms with van der Waals surface area (Å²) < 4.78 is 0. The zero-order chi connectivity index (χ0) is 22.6. The summed E-state index contributed by atoms with van der Waals surface area (Å²) in [4.78, 5) is 21.4. The minimum absolute atomic E-state index is 0.0255. The molecule has 1 aliphatic rings. The molecular formula is C27H28N4O. The summed E-state index contributed by atoms with van der Waals surface area (Å²) in [5.74, 6) is -0.0255. The number of rotatable bonds is 4. The summed E-state index contributed by atoms with van der Waals surface area (Å²) in [6.07, 6.45) is 1.99. The molecule has 0 bridgehead atoms. The largest absolute Gasteiger partial charge is 0.378 e. The second kappa shape index (κ2) is 7.16. The van der Waals surface area contributed by atoms with Crippen LogP contribution in [-0.4, -0.2) is 39.1 Å². The molecule has 4 aromatic rings. The van der Waals surface area contributed by atoms with Gasteiger partial charge in [0.1, 0.15) is 5.41 Å². The molecule has 1 aliphatic heterocycles. The summed E-state index contributed by atoms with van der Waals surface area (Å²) in [6, 6.07) is 20.8. The highest BCUT2D eigenvalue weighted by Gasteiger charge is 2.50. The van der Waals surface area contributed by atoms with E-state index in [1.165, 1.54) is 5.56 Å². The van der Waals surface area contributed by atoms with Gasteiger partial charge in [-0.2, -0.15) is 0 Å². The van der Waals surface area contributed by atoms with Gasteiger partial charge in [-0.25, -0.2) is 0 Å². The van der Waals surface area contributed by atoms with Crippen molar-refractivity contribution in [2.45, 2.75) is 12.3 Å². The first-order chi connectivity index (χ1) is 15.3. The average Bonchev–Trinajstić information content (AvgIpc) is 3.31. The minimum Gasteiger partial charge on any atom is -0.378 e. The maximum absolute atomic E-state index is 13.9. The lowest BCUT2D eigenvalue weighted by molar-refractivity contribution is -0.118. The molecule has 0 radical (unpaired) electrons. The van der Waals surface area contributed by atoms with Crippen LogP contribution in [0.1, 0.15) is 22.3 Å². The third-order valence-electron chi connectivity index (χ3n) is 6.68. The second-order valence-electron chi connectivity index (χ2n) is 8.97. The third kappa shape index (κ3) is 2.74. The van der Waals surface area contributed by atoms with Gasteiger partial charge in [0.25, 0.3) is 0 Å². The molecule has 3 aromatic carbocycles. The molecule has 0 aliphatic carbocycles. The fraction of sp³-hybridized carbons (Fsp3) is 0.222. The Morgan fingerprint density at radius 3 is 1.78 bits per heavy atom. The quantitative estimate of drug-likeness (QED) is 0.490. The molecule has 1 aromatic heterocycles. The fourth-order valence-corrected chi connectivity index (χ4v) is 4.87. The summed E-state index contributed by atoms with van der Waals surface area (Å²) in [5.41, 5.74) is 7.19. The van der Waals surface area contributed by atoms with E-state index in [0.29, 0.717) is 0 Å². The molecule has 5 heteroatoms. The van der Waals surface area contributed by atoms with Gasteiger partial charge in [0.05, 0.1) is 11.2 Å². The van der Waals surface area contributed by atoms with E-state index in [-0.39, 0.29) is 5.91 Å². The normalized spacial score (nSPS) is 14.3. The molecule has 2 heterocycles. The number of hydrogen-bond donors (Lipinski definition) is 2. The lowest BCUT2D eigenvalue weighted by Gasteiger charge is -2.30. The molecular weight excluding hydrogens is 396 g/mol. The Hall–Kier alpha value is -3.73. The van der Waals surface area contributed by atoms with Crippen LogP contribution < -0.4 is 15.1 Å². The third-order valence-corrected chi connectivity index (χ3v) is 6.68. The van der Waals surface area contributed by atoms with Crippen LogP contribution in [0, 0.1) is 6.92 Å². The Morgan fingerprint density at radius 2 is 1.28 bits per heavy atom. The fourth-order valence-electron chi connectivity index (χ4n) is 4.87. The van der Waals surface area contributed by atoms with E-state index in [0.717, 1.165) is 44.7 Å². The van der Waals surface area contributed by atoms with Gasteiger partial charge in [0.15, 0.2) is 0 Å². The standard InChI is InChI=1S/C27H28N4O/c1-17-16-28-24-22(17)14-15-23-25(24)29-26(32)27(23,18-6-10-20(11-7-18)30(2)3)19-8-12-21(13-9-19)31(4)5/h6-16,28H,1-5H3,(H,29,32). The first-order valence-electron chi connectivity index (χ1n) is 10.8. The number of amides is 1. The first kappa shape index (κ1) is 20.2. The van der Waals surface area contributed by atoms with E-state index in [1.807, 2.05) is 34.4 Å². The van der Waals surface area contributed by atoms with Crippen LogP contribution >= 0.6 is 0 Å². The van der Waals surface area contributed by atoms with Crippen LogP contribution in [0.2, 0.25) is 0 Å². The number of H-pyrrole nitrogens is 1. The number of fused-ring (bicyclic) bond motifs is 3. The van der Waals surface area contributed by atoms with Gasteiger partial charge >= 0.3 is 0 Å². The molecule has 0 saturated carbocycles. The number of nitrogens with zero attached hydrogens (tertiary/aromatic N) is 2. The van der Waals surface area contributed by atoms with Crippen molar-refractivity contribution in [1.82, 2.24) is 4.98 Å². The van der Waals surface area contributed by atoms with Gasteiger partial charge in [0, 0.05) is 56.7 Å². The lowest BCUT2D eigenvalue weighted by Crippen LogP contribution is -2.37. The van der Waals surface area contributed by atoms with E-state index in [4.69, 9.17) is 0 Å². The highest BCUT2D eigenvalue weighted by molar-refractivity contribution is 6.16. The zero-order valence-corrected chi connectivity index (χ0v) is 19.2. The van der Waals surface area contributed by atoms with Gasteiger partial charge in [-0.3, -0.25) is 4.79 Å². The number of hydrogen-bond acceptors (Lipinski definition) is 3. The van der Waals surface area contributed by atoms with Crippen LogP contribution in [0.3, 0.4) is 0 Å². The lowest BCUT2D eigenvalue weighted by atomic mass is 9.70. The smallest absolute Gasteiger partial charge is 0.244 e. The average molecular weight is 425 g/mol. The van der Waals surface area contributed by atoms with Crippen molar-refractivity contribution >= 4 is 33.9 Å². The molecule has 32 heavy (non-hydrogen) atoms. The monoisotopic (exact) mass is 424 g/mol. The number of benzene rings is 3. The van der Waals surface area contributed by atoms with Crippen LogP contribution in [0.25, 0.3) is 10.9 Å². The van der Waals surface area contributed by atoms with Gasteiger partial charge < -0.3 is 20.1 Å². The number of aryl methyl sites for hydroxylation is 1. The molecule has 2 N–H and O–H groups in total. The number of carbonyl (C=O) groups is 1. The molecule has 162 valence electrons. The number of anilines is 3. The predicted molar refractivity (Wildman–Crippen MR) is 133 cm³/mol. The number of nitrogens with one attached hydrogen (secondary N) is 2. The van der Waals surface area contributed by atoms with Gasteiger partial charge in [-0.15, -0.1) is 0 Å². The van der Waals surface area contributed by atoms with Gasteiger partial charge in [-0.05, 0) is 47.9 Å². The summed E-state index contributed by atoms with van der Waals surface area (Å²) >= 11 is 0. The van der Waals surface area contributed by atoms with E-state index in [2.05, 4.69) is 87.7 Å². The number of aromatic amines is 1. The Labute approximate surface area is 188 Å². The van der Waals surface area contributed by atoms with Gasteiger partial charge in [0.2, 0.25) is 5.91 Å². The van der Waals surface area contributed by atoms with Gasteiger partial charge in [-0.1, -0.05) is 36.4 Å². The van der Waals surface area contributed by atoms with Crippen molar-refractivity contribution in [3.63, 3.8) is 0 Å². The molecule has 0 unspecified atom stereocenters. The van der Waals surface area contributed by atoms with Crippen LogP contribution in [0.15, 0.2) is 66.9 Å². The van der Waals surface area contributed by atoms with Crippen molar-refractivity contribution in [3.8, 4) is 0 Å². The van der Waals surface area contributed by atoms with Crippen LogP contribution in [0.4, 0.5) is 17.1 Å². The molecule has 5 rings (SSSR count). The van der Waals surface area contributed by atoms with Crippen molar-refractivity contribution < 1.29 is 4.79 Å². The molecule has 0 fully saturated rings. The SMILES string of the molecule is Cc1c[nH]c2c3c(ccc12)C(c1ccc(N(C)C)cc1)(c1ccc(N(C)C)cc1)C(=O)N3. The maximum Gasteiger partial charge on any atom is 0.244 e.